The van der Waals surface area contributed by atoms with Gasteiger partial charge in [-0.25, -0.2) is 4.68 Å². The minimum absolute atomic E-state index is 0.0812. The normalized spacial score (nSPS) is 22.3. The zero-order valence-corrected chi connectivity index (χ0v) is 12.9. The Bertz CT molecular complexity index is 515. The van der Waals surface area contributed by atoms with Gasteiger partial charge in [-0.2, -0.15) is 5.10 Å². The first-order valence-corrected chi connectivity index (χ1v) is 7.58. The molecule has 1 heterocycles. The molecule has 7 heteroatoms. The van der Waals surface area contributed by atoms with E-state index in [9.17, 15) is 15.2 Å². The number of likely N-dealkylation sites (N-methyl/N-ethyl adjacent to an activating group) is 1. The fourth-order valence-corrected chi connectivity index (χ4v) is 3.25. The molecular formula is C14H24N4O3. The van der Waals surface area contributed by atoms with E-state index < -0.39 is 6.10 Å². The van der Waals surface area contributed by atoms with Crippen molar-refractivity contribution in [3.05, 3.63) is 15.8 Å². The molecular weight excluding hydrogens is 272 g/mol. The SMILES string of the molecule is CCCc1nn(C)c(N(C)C2CCCCC2O)c1[N+](=O)[O-]. The predicted molar refractivity (Wildman–Crippen MR) is 80.5 cm³/mol. The van der Waals surface area contributed by atoms with Gasteiger partial charge in [-0.1, -0.05) is 26.2 Å². The number of nitrogens with zero attached hydrogens (tertiary/aromatic N) is 4. The molecule has 0 amide bonds. The second-order valence-electron chi connectivity index (χ2n) is 5.78. The fourth-order valence-electron chi connectivity index (χ4n) is 3.25. The third-order valence-corrected chi connectivity index (χ3v) is 4.26. The Morgan fingerprint density at radius 3 is 2.71 bits per heavy atom. The summed E-state index contributed by atoms with van der Waals surface area (Å²) in [6, 6.07) is -0.0812. The van der Waals surface area contributed by atoms with E-state index >= 15 is 0 Å². The molecule has 7 nitrogen and oxygen atoms in total. The van der Waals surface area contributed by atoms with Crippen molar-refractivity contribution in [3.63, 3.8) is 0 Å². The van der Waals surface area contributed by atoms with E-state index in [4.69, 9.17) is 0 Å². The first-order valence-electron chi connectivity index (χ1n) is 7.58. The Balaban J connectivity index is 2.39. The van der Waals surface area contributed by atoms with Crippen LogP contribution in [0.4, 0.5) is 11.5 Å². The first-order chi connectivity index (χ1) is 9.97. The lowest BCUT2D eigenvalue weighted by molar-refractivity contribution is -0.384. The van der Waals surface area contributed by atoms with Crippen LogP contribution in [0.1, 0.15) is 44.7 Å². The highest BCUT2D eigenvalue weighted by atomic mass is 16.6. The molecule has 0 radical (unpaired) electrons. The highest BCUT2D eigenvalue weighted by molar-refractivity contribution is 5.62. The summed E-state index contributed by atoms with van der Waals surface area (Å²) in [5.41, 5.74) is 0.608. The van der Waals surface area contributed by atoms with Gasteiger partial charge in [-0.05, 0) is 19.3 Å². The van der Waals surface area contributed by atoms with E-state index in [0.717, 1.165) is 32.1 Å². The number of rotatable bonds is 5. The number of aromatic nitrogens is 2. The van der Waals surface area contributed by atoms with Gasteiger partial charge in [-0.3, -0.25) is 10.1 Å². The van der Waals surface area contributed by atoms with E-state index in [1.54, 1.807) is 11.7 Å². The quantitative estimate of drug-likeness (QED) is 0.663. The molecule has 0 aromatic carbocycles. The third kappa shape index (κ3) is 3.02. The van der Waals surface area contributed by atoms with Gasteiger partial charge < -0.3 is 10.0 Å². The van der Waals surface area contributed by atoms with E-state index in [-0.39, 0.29) is 16.7 Å². The summed E-state index contributed by atoms with van der Waals surface area (Å²) in [6.45, 7) is 1.98. The lowest BCUT2D eigenvalue weighted by Gasteiger charge is -2.35. The van der Waals surface area contributed by atoms with Gasteiger partial charge in [0.25, 0.3) is 0 Å². The Kier molecular flexibility index (Phi) is 4.82. The second-order valence-corrected chi connectivity index (χ2v) is 5.78. The molecule has 118 valence electrons. The minimum Gasteiger partial charge on any atom is -0.391 e. The number of aliphatic hydroxyl groups is 1. The van der Waals surface area contributed by atoms with E-state index in [1.807, 2.05) is 18.9 Å². The lowest BCUT2D eigenvalue weighted by atomic mass is 9.91. The van der Waals surface area contributed by atoms with Crippen molar-refractivity contribution >= 4 is 11.5 Å². The van der Waals surface area contributed by atoms with Crippen molar-refractivity contribution in [3.8, 4) is 0 Å². The average molecular weight is 296 g/mol. The number of aliphatic hydroxyl groups excluding tert-OH is 1. The monoisotopic (exact) mass is 296 g/mol. The van der Waals surface area contributed by atoms with Crippen LogP contribution in [0, 0.1) is 10.1 Å². The zero-order chi connectivity index (χ0) is 15.6. The highest BCUT2D eigenvalue weighted by Gasteiger charge is 2.34. The molecule has 1 aliphatic rings. The molecule has 2 atom stereocenters. The summed E-state index contributed by atoms with van der Waals surface area (Å²) in [7, 11) is 3.55. The van der Waals surface area contributed by atoms with Crippen LogP contribution in [0.25, 0.3) is 0 Å². The lowest BCUT2D eigenvalue weighted by Crippen LogP contribution is -2.44. The molecule has 1 aromatic heterocycles. The summed E-state index contributed by atoms with van der Waals surface area (Å²) in [6.07, 6.45) is 4.62. The predicted octanol–water partition coefficient (Wildman–Crippen LogP) is 2.02. The smallest absolute Gasteiger partial charge is 0.334 e. The molecule has 0 aliphatic heterocycles. The van der Waals surface area contributed by atoms with Gasteiger partial charge in [0, 0.05) is 14.1 Å². The van der Waals surface area contributed by atoms with Crippen molar-refractivity contribution in [2.24, 2.45) is 7.05 Å². The summed E-state index contributed by atoms with van der Waals surface area (Å²) in [5.74, 6) is 0.495. The summed E-state index contributed by atoms with van der Waals surface area (Å²) in [4.78, 5) is 13.0. The molecule has 0 saturated heterocycles. The van der Waals surface area contributed by atoms with Crippen LogP contribution in [-0.4, -0.2) is 39.0 Å². The van der Waals surface area contributed by atoms with Crippen molar-refractivity contribution < 1.29 is 10.0 Å². The maximum absolute atomic E-state index is 11.5. The number of anilines is 1. The number of aryl methyl sites for hydroxylation is 2. The van der Waals surface area contributed by atoms with Crippen molar-refractivity contribution in [1.82, 2.24) is 9.78 Å². The van der Waals surface area contributed by atoms with Crippen LogP contribution < -0.4 is 4.90 Å². The minimum atomic E-state index is -0.437. The van der Waals surface area contributed by atoms with E-state index in [1.165, 1.54) is 0 Å². The number of hydrogen-bond donors (Lipinski definition) is 1. The third-order valence-electron chi connectivity index (χ3n) is 4.26. The maximum Gasteiger partial charge on any atom is 0.334 e. The molecule has 1 saturated carbocycles. The topological polar surface area (TPSA) is 84.4 Å². The Labute approximate surface area is 124 Å². The second kappa shape index (κ2) is 6.43. The Hall–Kier alpha value is -1.63. The van der Waals surface area contributed by atoms with Gasteiger partial charge in [0.1, 0.15) is 5.69 Å². The zero-order valence-electron chi connectivity index (χ0n) is 12.9. The van der Waals surface area contributed by atoms with Crippen LogP contribution in [0.15, 0.2) is 0 Å². The first kappa shape index (κ1) is 15.8. The van der Waals surface area contributed by atoms with Gasteiger partial charge in [-0.15, -0.1) is 0 Å². The molecule has 2 rings (SSSR count). The molecule has 1 N–H and O–H groups in total. The van der Waals surface area contributed by atoms with E-state index in [2.05, 4.69) is 5.10 Å². The molecule has 0 spiro atoms. The largest absolute Gasteiger partial charge is 0.391 e. The molecule has 1 aromatic rings. The van der Waals surface area contributed by atoms with Gasteiger partial charge >= 0.3 is 5.69 Å². The summed E-state index contributed by atoms with van der Waals surface area (Å²) >= 11 is 0. The van der Waals surface area contributed by atoms with Gasteiger partial charge in [0.05, 0.1) is 17.1 Å². The Morgan fingerprint density at radius 1 is 1.48 bits per heavy atom. The van der Waals surface area contributed by atoms with Gasteiger partial charge in [0.15, 0.2) is 0 Å². The van der Waals surface area contributed by atoms with Crippen LogP contribution in [-0.2, 0) is 13.5 Å². The molecule has 21 heavy (non-hydrogen) atoms. The van der Waals surface area contributed by atoms with Crippen LogP contribution in [0.3, 0.4) is 0 Å². The highest BCUT2D eigenvalue weighted by Crippen LogP contribution is 2.35. The molecule has 1 aliphatic carbocycles. The molecule has 1 fully saturated rings. The average Bonchev–Trinajstić information content (AvgIpc) is 2.75. The van der Waals surface area contributed by atoms with Crippen molar-refractivity contribution in [2.75, 3.05) is 11.9 Å². The number of hydrogen-bond acceptors (Lipinski definition) is 5. The van der Waals surface area contributed by atoms with Crippen molar-refractivity contribution in [2.45, 2.75) is 57.6 Å². The fraction of sp³-hybridized carbons (Fsp3) is 0.786. The summed E-state index contributed by atoms with van der Waals surface area (Å²) in [5, 5.41) is 26.0. The standard InChI is InChI=1S/C14H24N4O3/c1-4-7-10-13(18(20)21)14(17(3)15-10)16(2)11-8-5-6-9-12(11)19/h11-12,19H,4-9H2,1-3H3. The van der Waals surface area contributed by atoms with Crippen LogP contribution >= 0.6 is 0 Å². The molecule has 2 unspecified atom stereocenters. The Morgan fingerprint density at radius 2 is 2.14 bits per heavy atom. The molecule has 0 bridgehead atoms. The summed E-state index contributed by atoms with van der Waals surface area (Å²) < 4.78 is 1.57. The maximum atomic E-state index is 11.5. The number of nitro groups is 1. The van der Waals surface area contributed by atoms with Gasteiger partial charge in [0.2, 0.25) is 5.82 Å². The van der Waals surface area contributed by atoms with Crippen molar-refractivity contribution in [1.29, 1.82) is 0 Å². The van der Waals surface area contributed by atoms with Crippen LogP contribution in [0.2, 0.25) is 0 Å². The van der Waals surface area contributed by atoms with E-state index in [0.29, 0.717) is 17.9 Å². The van der Waals surface area contributed by atoms with Crippen LogP contribution in [0.5, 0.6) is 0 Å².